The van der Waals surface area contributed by atoms with Crippen LogP contribution in [0.1, 0.15) is 25.2 Å². The van der Waals surface area contributed by atoms with Crippen LogP contribution >= 0.6 is 0 Å². The second-order valence-electron chi connectivity index (χ2n) is 5.07. The molecule has 3 N–H and O–H groups in total. The third-order valence-corrected chi connectivity index (χ3v) is 2.57. The number of hydrogen-bond acceptors (Lipinski definition) is 8. The van der Waals surface area contributed by atoms with Gasteiger partial charge in [-0.15, -0.1) is 10.2 Å². The average molecular weight is 309 g/mol. The standard InChI is InChI=1S/C15H15N7O/c1-15(2,23)5-4-11-12(17-3)6-13(22-21-11)20-14-9-18-10(7-16)8-19-14/h6,8-9,23H,1-3H3,(H2,17,19,20,22). The lowest BCUT2D eigenvalue weighted by atomic mass is 10.1. The molecule has 0 amide bonds. The summed E-state index contributed by atoms with van der Waals surface area (Å²) >= 11 is 0. The van der Waals surface area contributed by atoms with Crippen LogP contribution < -0.4 is 10.6 Å². The monoisotopic (exact) mass is 309 g/mol. The minimum Gasteiger partial charge on any atom is -0.386 e. The molecular weight excluding hydrogens is 294 g/mol. The number of hydrogen-bond donors (Lipinski definition) is 3. The smallest absolute Gasteiger partial charge is 0.159 e. The van der Waals surface area contributed by atoms with Gasteiger partial charge >= 0.3 is 0 Å². The molecule has 0 aliphatic rings. The summed E-state index contributed by atoms with van der Waals surface area (Å²) in [5, 5.41) is 32.3. The predicted molar refractivity (Wildman–Crippen MR) is 84.8 cm³/mol. The zero-order valence-electron chi connectivity index (χ0n) is 12.9. The minimum atomic E-state index is -1.11. The van der Waals surface area contributed by atoms with Crippen LogP contribution in [0, 0.1) is 23.2 Å². The van der Waals surface area contributed by atoms with Crippen molar-refractivity contribution >= 4 is 17.3 Å². The fraction of sp³-hybridized carbons (Fsp3) is 0.267. The maximum atomic E-state index is 9.64. The Morgan fingerprint density at radius 2 is 1.96 bits per heavy atom. The van der Waals surface area contributed by atoms with Gasteiger partial charge in [0.1, 0.15) is 17.5 Å². The van der Waals surface area contributed by atoms with Crippen molar-refractivity contribution in [3.05, 3.63) is 29.8 Å². The van der Waals surface area contributed by atoms with Gasteiger partial charge in [0.2, 0.25) is 0 Å². The Morgan fingerprint density at radius 1 is 1.17 bits per heavy atom. The van der Waals surface area contributed by atoms with Crippen LogP contribution in [0.15, 0.2) is 18.5 Å². The van der Waals surface area contributed by atoms with Crippen LogP contribution in [0.4, 0.5) is 17.3 Å². The number of aromatic nitrogens is 4. The fourth-order valence-electron chi connectivity index (χ4n) is 1.53. The quantitative estimate of drug-likeness (QED) is 0.720. The second kappa shape index (κ2) is 6.69. The first kappa shape index (κ1) is 16.1. The van der Waals surface area contributed by atoms with Crippen molar-refractivity contribution in [1.29, 1.82) is 5.26 Å². The Bertz CT molecular complexity index is 792. The molecule has 0 saturated heterocycles. The van der Waals surface area contributed by atoms with E-state index in [1.54, 1.807) is 27.0 Å². The lowest BCUT2D eigenvalue weighted by molar-refractivity contribution is 0.143. The molecule has 0 saturated carbocycles. The highest BCUT2D eigenvalue weighted by molar-refractivity contribution is 5.62. The zero-order chi connectivity index (χ0) is 16.9. The van der Waals surface area contributed by atoms with E-state index in [0.717, 1.165) is 0 Å². The SMILES string of the molecule is CNc1cc(Nc2cnc(C#N)cn2)nnc1C#CC(C)(C)O. The van der Waals surface area contributed by atoms with Crippen molar-refractivity contribution in [2.75, 3.05) is 17.7 Å². The number of nitrogens with zero attached hydrogens (tertiary/aromatic N) is 5. The van der Waals surface area contributed by atoms with Crippen LogP contribution in [0.5, 0.6) is 0 Å². The normalized spacial score (nSPS) is 10.2. The Kier molecular flexibility index (Phi) is 4.69. The van der Waals surface area contributed by atoms with E-state index in [-0.39, 0.29) is 5.69 Å². The first-order valence-electron chi connectivity index (χ1n) is 6.71. The highest BCUT2D eigenvalue weighted by Gasteiger charge is 2.09. The number of nitriles is 1. The van der Waals surface area contributed by atoms with E-state index in [1.807, 2.05) is 6.07 Å². The van der Waals surface area contributed by atoms with Crippen LogP contribution in [-0.4, -0.2) is 37.9 Å². The summed E-state index contributed by atoms with van der Waals surface area (Å²) in [4.78, 5) is 7.96. The molecule has 0 unspecified atom stereocenters. The van der Waals surface area contributed by atoms with Crippen molar-refractivity contribution in [3.63, 3.8) is 0 Å². The van der Waals surface area contributed by atoms with Crippen LogP contribution in [0.3, 0.4) is 0 Å². The molecule has 2 aromatic heterocycles. The maximum Gasteiger partial charge on any atom is 0.159 e. The molecule has 0 fully saturated rings. The van der Waals surface area contributed by atoms with E-state index in [0.29, 0.717) is 23.0 Å². The molecule has 8 heteroatoms. The van der Waals surface area contributed by atoms with E-state index >= 15 is 0 Å². The number of nitrogens with one attached hydrogen (secondary N) is 2. The Hall–Kier alpha value is -3.23. The van der Waals surface area contributed by atoms with Gasteiger partial charge in [-0.2, -0.15) is 5.26 Å². The fourth-order valence-corrected chi connectivity index (χ4v) is 1.53. The first-order valence-corrected chi connectivity index (χ1v) is 6.71. The molecule has 0 aliphatic carbocycles. The van der Waals surface area contributed by atoms with Gasteiger partial charge in [-0.05, 0) is 19.8 Å². The highest BCUT2D eigenvalue weighted by Crippen LogP contribution is 2.17. The zero-order valence-corrected chi connectivity index (χ0v) is 12.9. The highest BCUT2D eigenvalue weighted by atomic mass is 16.3. The van der Waals surface area contributed by atoms with E-state index in [4.69, 9.17) is 5.26 Å². The van der Waals surface area contributed by atoms with Gasteiger partial charge in [-0.25, -0.2) is 9.97 Å². The molecule has 0 aliphatic heterocycles. The molecule has 2 rings (SSSR count). The molecule has 0 aromatic carbocycles. The minimum absolute atomic E-state index is 0.231. The predicted octanol–water partition coefficient (Wildman–Crippen LogP) is 1.05. The van der Waals surface area contributed by atoms with Gasteiger partial charge in [0, 0.05) is 13.1 Å². The molecule has 2 aromatic rings. The van der Waals surface area contributed by atoms with Gasteiger partial charge in [0.05, 0.1) is 18.1 Å². The average Bonchev–Trinajstić information content (AvgIpc) is 2.53. The summed E-state index contributed by atoms with van der Waals surface area (Å²) < 4.78 is 0. The second-order valence-corrected chi connectivity index (χ2v) is 5.07. The largest absolute Gasteiger partial charge is 0.386 e. The molecule has 0 bridgehead atoms. The van der Waals surface area contributed by atoms with Gasteiger partial charge in [-0.1, -0.05) is 5.92 Å². The van der Waals surface area contributed by atoms with Gasteiger partial charge < -0.3 is 15.7 Å². The molecule has 0 atom stereocenters. The maximum absolute atomic E-state index is 9.64. The molecular formula is C15H15N7O. The van der Waals surface area contributed by atoms with Crippen molar-refractivity contribution in [3.8, 4) is 17.9 Å². The molecule has 23 heavy (non-hydrogen) atoms. The number of anilines is 3. The Labute approximate surface area is 133 Å². The van der Waals surface area contributed by atoms with Crippen molar-refractivity contribution < 1.29 is 5.11 Å². The van der Waals surface area contributed by atoms with Gasteiger partial charge in [-0.3, -0.25) is 0 Å². The third kappa shape index (κ3) is 4.63. The van der Waals surface area contributed by atoms with Crippen molar-refractivity contribution in [1.82, 2.24) is 20.2 Å². The summed E-state index contributed by atoms with van der Waals surface area (Å²) in [5.41, 5.74) is 0.198. The Balaban J connectivity index is 2.24. The molecule has 116 valence electrons. The van der Waals surface area contributed by atoms with E-state index in [9.17, 15) is 5.11 Å². The lowest BCUT2D eigenvalue weighted by Crippen LogP contribution is -2.14. The van der Waals surface area contributed by atoms with Crippen LogP contribution in [-0.2, 0) is 0 Å². The molecule has 2 heterocycles. The number of aliphatic hydroxyl groups is 1. The summed E-state index contributed by atoms with van der Waals surface area (Å²) in [6.07, 6.45) is 2.79. The Morgan fingerprint density at radius 3 is 2.52 bits per heavy atom. The molecule has 0 spiro atoms. The van der Waals surface area contributed by atoms with Gasteiger partial charge in [0.15, 0.2) is 17.2 Å². The summed E-state index contributed by atoms with van der Waals surface area (Å²) in [6, 6.07) is 3.60. The first-order chi connectivity index (χ1) is 10.9. The number of rotatable bonds is 3. The van der Waals surface area contributed by atoms with E-state index in [2.05, 4.69) is 42.6 Å². The van der Waals surface area contributed by atoms with E-state index in [1.165, 1.54) is 12.4 Å². The van der Waals surface area contributed by atoms with Crippen molar-refractivity contribution in [2.45, 2.75) is 19.4 Å². The van der Waals surface area contributed by atoms with Crippen molar-refractivity contribution in [2.24, 2.45) is 0 Å². The van der Waals surface area contributed by atoms with Gasteiger partial charge in [0.25, 0.3) is 0 Å². The third-order valence-electron chi connectivity index (χ3n) is 2.57. The summed E-state index contributed by atoms with van der Waals surface area (Å²) in [6.45, 7) is 3.18. The van der Waals surface area contributed by atoms with E-state index < -0.39 is 5.60 Å². The molecule has 8 nitrogen and oxygen atoms in total. The molecule has 0 radical (unpaired) electrons. The summed E-state index contributed by atoms with van der Waals surface area (Å²) in [7, 11) is 1.73. The van der Waals surface area contributed by atoms with Crippen LogP contribution in [0.2, 0.25) is 0 Å². The van der Waals surface area contributed by atoms with Crippen LogP contribution in [0.25, 0.3) is 0 Å². The summed E-state index contributed by atoms with van der Waals surface area (Å²) in [5.74, 6) is 6.35. The lowest BCUT2D eigenvalue weighted by Gasteiger charge is -2.08. The topological polar surface area (TPSA) is 120 Å².